The topological polar surface area (TPSA) is 20.2 Å². The second-order valence-electron chi connectivity index (χ2n) is 3.47. The molecule has 1 aromatic carbocycles. The Morgan fingerprint density at radius 2 is 2.08 bits per heavy atom. The zero-order valence-corrected chi connectivity index (χ0v) is 7.12. The van der Waals surface area contributed by atoms with E-state index in [9.17, 15) is 5.11 Å². The molecule has 2 rings (SSSR count). The molecular weight excluding hydrogens is 148 g/mol. The van der Waals surface area contributed by atoms with E-state index in [1.54, 1.807) is 0 Å². The number of rotatable bonds is 0. The monoisotopic (exact) mass is 160 g/mol. The first kappa shape index (κ1) is 7.56. The molecule has 0 amide bonds. The molecule has 1 aliphatic carbocycles. The molecule has 1 nitrogen and oxygen atoms in total. The number of fused-ring (bicyclic) bond motifs is 1. The van der Waals surface area contributed by atoms with Gasteiger partial charge in [-0.1, -0.05) is 36.4 Å². The maximum atomic E-state index is 9.98. The van der Waals surface area contributed by atoms with Gasteiger partial charge >= 0.3 is 0 Å². The van der Waals surface area contributed by atoms with Crippen molar-refractivity contribution in [1.82, 2.24) is 0 Å². The van der Waals surface area contributed by atoms with Crippen LogP contribution in [0.15, 0.2) is 30.3 Å². The van der Waals surface area contributed by atoms with Gasteiger partial charge in [0.1, 0.15) is 0 Å². The van der Waals surface area contributed by atoms with E-state index in [1.165, 1.54) is 0 Å². The highest BCUT2D eigenvalue weighted by atomic mass is 16.3. The lowest BCUT2D eigenvalue weighted by Crippen LogP contribution is -2.23. The lowest BCUT2D eigenvalue weighted by molar-refractivity contribution is 0.0592. The number of hydrogen-bond acceptors (Lipinski definition) is 1. The highest BCUT2D eigenvalue weighted by Crippen LogP contribution is 2.32. The standard InChI is InChI=1S/C11H12O/c1-11(12)8-4-6-9-5-2-3-7-10(9)11/h2-7,12H,8H2,1H3. The van der Waals surface area contributed by atoms with Gasteiger partial charge in [-0.05, 0) is 24.5 Å². The Morgan fingerprint density at radius 3 is 2.83 bits per heavy atom. The maximum Gasteiger partial charge on any atom is 0.0908 e. The first-order valence-electron chi connectivity index (χ1n) is 4.18. The zero-order valence-electron chi connectivity index (χ0n) is 7.12. The molecule has 0 heterocycles. The minimum absolute atomic E-state index is 0.675. The molecule has 12 heavy (non-hydrogen) atoms. The van der Waals surface area contributed by atoms with Crippen LogP contribution in [0, 0.1) is 0 Å². The summed E-state index contributed by atoms with van der Waals surface area (Å²) in [6.45, 7) is 1.86. The van der Waals surface area contributed by atoms with Gasteiger partial charge < -0.3 is 5.11 Å². The van der Waals surface area contributed by atoms with E-state index in [0.717, 1.165) is 11.1 Å². The first-order valence-corrected chi connectivity index (χ1v) is 4.18. The third-order valence-corrected chi connectivity index (χ3v) is 2.35. The van der Waals surface area contributed by atoms with E-state index < -0.39 is 5.60 Å². The van der Waals surface area contributed by atoms with Crippen LogP contribution in [0.5, 0.6) is 0 Å². The molecule has 1 aliphatic rings. The summed E-state index contributed by atoms with van der Waals surface area (Å²) < 4.78 is 0. The Balaban J connectivity index is 2.60. The fourth-order valence-corrected chi connectivity index (χ4v) is 1.66. The molecule has 1 N–H and O–H groups in total. The van der Waals surface area contributed by atoms with Crippen molar-refractivity contribution >= 4 is 6.08 Å². The van der Waals surface area contributed by atoms with E-state index in [-0.39, 0.29) is 0 Å². The Hall–Kier alpha value is -1.08. The van der Waals surface area contributed by atoms with Gasteiger partial charge in [-0.2, -0.15) is 0 Å². The molecule has 1 aromatic rings. The third kappa shape index (κ3) is 1.07. The Morgan fingerprint density at radius 1 is 1.33 bits per heavy atom. The van der Waals surface area contributed by atoms with E-state index in [2.05, 4.69) is 6.08 Å². The SMILES string of the molecule is CC1(O)CC=Cc2ccccc21. The summed E-state index contributed by atoms with van der Waals surface area (Å²) in [5.74, 6) is 0. The third-order valence-electron chi connectivity index (χ3n) is 2.35. The molecule has 0 aromatic heterocycles. The largest absolute Gasteiger partial charge is 0.385 e. The molecule has 0 saturated carbocycles. The predicted molar refractivity (Wildman–Crippen MR) is 49.7 cm³/mol. The second kappa shape index (κ2) is 2.46. The van der Waals surface area contributed by atoms with Crippen molar-refractivity contribution in [2.24, 2.45) is 0 Å². The van der Waals surface area contributed by atoms with Crippen molar-refractivity contribution in [3.8, 4) is 0 Å². The van der Waals surface area contributed by atoms with Crippen molar-refractivity contribution in [3.63, 3.8) is 0 Å². The second-order valence-corrected chi connectivity index (χ2v) is 3.47. The lowest BCUT2D eigenvalue weighted by atomic mass is 9.85. The van der Waals surface area contributed by atoms with Crippen LogP contribution in [0.4, 0.5) is 0 Å². The Kier molecular flexibility index (Phi) is 1.55. The van der Waals surface area contributed by atoms with Crippen LogP contribution in [0.2, 0.25) is 0 Å². The highest BCUT2D eigenvalue weighted by molar-refractivity contribution is 5.58. The van der Waals surface area contributed by atoms with Crippen molar-refractivity contribution in [1.29, 1.82) is 0 Å². The fourth-order valence-electron chi connectivity index (χ4n) is 1.66. The van der Waals surface area contributed by atoms with Crippen molar-refractivity contribution in [2.45, 2.75) is 18.9 Å². The van der Waals surface area contributed by atoms with Crippen molar-refractivity contribution in [3.05, 3.63) is 41.5 Å². The Bertz CT molecular complexity index is 324. The van der Waals surface area contributed by atoms with Gasteiger partial charge in [-0.25, -0.2) is 0 Å². The average Bonchev–Trinajstić information content (AvgIpc) is 2.04. The molecule has 0 saturated heterocycles. The minimum atomic E-state index is -0.675. The molecule has 0 bridgehead atoms. The van der Waals surface area contributed by atoms with E-state index in [4.69, 9.17) is 0 Å². The van der Waals surface area contributed by atoms with Gasteiger partial charge in [-0.3, -0.25) is 0 Å². The molecule has 0 fully saturated rings. The average molecular weight is 160 g/mol. The molecule has 0 aliphatic heterocycles. The summed E-state index contributed by atoms with van der Waals surface area (Å²) in [6.07, 6.45) is 4.79. The van der Waals surface area contributed by atoms with Gasteiger partial charge in [0, 0.05) is 0 Å². The zero-order chi connectivity index (χ0) is 8.60. The fraction of sp³-hybridized carbons (Fsp3) is 0.273. The number of hydrogen-bond donors (Lipinski definition) is 1. The Labute approximate surface area is 72.4 Å². The van der Waals surface area contributed by atoms with Crippen LogP contribution in [0.1, 0.15) is 24.5 Å². The maximum absolute atomic E-state index is 9.98. The normalized spacial score (nSPS) is 26.8. The van der Waals surface area contributed by atoms with Crippen LogP contribution in [-0.2, 0) is 5.60 Å². The quantitative estimate of drug-likeness (QED) is 0.617. The summed E-state index contributed by atoms with van der Waals surface area (Å²) in [6, 6.07) is 7.97. The summed E-state index contributed by atoms with van der Waals surface area (Å²) >= 11 is 0. The van der Waals surface area contributed by atoms with E-state index in [0.29, 0.717) is 6.42 Å². The molecule has 62 valence electrons. The minimum Gasteiger partial charge on any atom is -0.385 e. The number of benzene rings is 1. The summed E-state index contributed by atoms with van der Waals surface area (Å²) in [5.41, 5.74) is 1.49. The highest BCUT2D eigenvalue weighted by Gasteiger charge is 2.25. The van der Waals surface area contributed by atoms with Gasteiger partial charge in [0.25, 0.3) is 0 Å². The summed E-state index contributed by atoms with van der Waals surface area (Å²) in [4.78, 5) is 0. The van der Waals surface area contributed by atoms with Gasteiger partial charge in [0.15, 0.2) is 0 Å². The van der Waals surface area contributed by atoms with E-state index >= 15 is 0 Å². The van der Waals surface area contributed by atoms with Crippen LogP contribution in [0.3, 0.4) is 0 Å². The van der Waals surface area contributed by atoms with Gasteiger partial charge in [0.05, 0.1) is 5.60 Å². The molecule has 1 heteroatoms. The van der Waals surface area contributed by atoms with Crippen molar-refractivity contribution < 1.29 is 5.11 Å². The smallest absolute Gasteiger partial charge is 0.0908 e. The van der Waals surface area contributed by atoms with Crippen LogP contribution < -0.4 is 0 Å². The lowest BCUT2D eigenvalue weighted by Gasteiger charge is -2.27. The molecule has 0 spiro atoms. The predicted octanol–water partition coefficient (Wildman–Crippen LogP) is 2.31. The summed E-state index contributed by atoms with van der Waals surface area (Å²) in [7, 11) is 0. The van der Waals surface area contributed by atoms with Gasteiger partial charge in [-0.15, -0.1) is 0 Å². The van der Waals surface area contributed by atoms with Crippen LogP contribution in [0.25, 0.3) is 6.08 Å². The van der Waals surface area contributed by atoms with Crippen molar-refractivity contribution in [2.75, 3.05) is 0 Å². The van der Waals surface area contributed by atoms with E-state index in [1.807, 2.05) is 37.3 Å². The van der Waals surface area contributed by atoms with Crippen LogP contribution >= 0.6 is 0 Å². The van der Waals surface area contributed by atoms with Crippen LogP contribution in [-0.4, -0.2) is 5.11 Å². The number of aliphatic hydroxyl groups is 1. The molecule has 1 atom stereocenters. The first-order chi connectivity index (χ1) is 5.70. The molecule has 1 unspecified atom stereocenters. The van der Waals surface area contributed by atoms with Gasteiger partial charge in [0.2, 0.25) is 0 Å². The molecule has 0 radical (unpaired) electrons. The molecular formula is C11H12O. The summed E-state index contributed by atoms with van der Waals surface area (Å²) in [5, 5.41) is 9.98.